The number of aromatic nitrogens is 6. The van der Waals surface area contributed by atoms with E-state index in [1.54, 1.807) is 21.5 Å². The first kappa shape index (κ1) is 12.7. The Hall–Kier alpha value is -2.35. The highest BCUT2D eigenvalue weighted by Gasteiger charge is 2.13. The first-order valence-corrected chi connectivity index (χ1v) is 6.24. The minimum absolute atomic E-state index is 0.308. The number of aryl methyl sites for hydroxylation is 1. The molecule has 0 atom stereocenters. The lowest BCUT2D eigenvalue weighted by molar-refractivity contribution is 0.570. The number of nitrogens with one attached hydrogen (secondary N) is 1. The van der Waals surface area contributed by atoms with Gasteiger partial charge in [-0.05, 0) is 0 Å². The molecule has 3 heterocycles. The summed E-state index contributed by atoms with van der Waals surface area (Å²) in [5.74, 6) is 1.75. The first-order chi connectivity index (χ1) is 9.65. The molecule has 0 amide bonds. The molecule has 20 heavy (non-hydrogen) atoms. The van der Waals surface area contributed by atoms with E-state index in [9.17, 15) is 0 Å². The molecule has 104 valence electrons. The molecule has 3 aromatic rings. The Kier molecular flexibility index (Phi) is 3.15. The molecule has 0 aliphatic rings. The smallest absolute Gasteiger partial charge is 0.316 e. The van der Waals surface area contributed by atoms with Crippen LogP contribution in [0.4, 0.5) is 6.01 Å². The average Bonchev–Trinajstić information content (AvgIpc) is 3.12. The van der Waals surface area contributed by atoms with Gasteiger partial charge in [0.1, 0.15) is 11.0 Å². The summed E-state index contributed by atoms with van der Waals surface area (Å²) in [5, 5.41) is 11.4. The maximum atomic E-state index is 5.91. The van der Waals surface area contributed by atoms with Crippen molar-refractivity contribution in [2.75, 3.05) is 5.32 Å². The standard InChI is InChI=1S/C11H12ClN7O/c1-18-4-3-13-9(18)10-16-17-11(20-10)15-6-8-14-5-7(12)19(8)2/h3-5H,6H2,1-2H3,(H,15,17). The van der Waals surface area contributed by atoms with Gasteiger partial charge in [-0.2, -0.15) is 0 Å². The molecule has 0 aliphatic heterocycles. The highest BCUT2D eigenvalue weighted by Crippen LogP contribution is 2.17. The Labute approximate surface area is 119 Å². The normalized spacial score (nSPS) is 10.9. The van der Waals surface area contributed by atoms with Crippen LogP contribution in [0.25, 0.3) is 11.7 Å². The van der Waals surface area contributed by atoms with E-state index in [0.717, 1.165) is 5.82 Å². The predicted molar refractivity (Wildman–Crippen MR) is 72.0 cm³/mol. The van der Waals surface area contributed by atoms with Gasteiger partial charge in [-0.25, -0.2) is 9.97 Å². The third-order valence-electron chi connectivity index (χ3n) is 2.86. The van der Waals surface area contributed by atoms with Crippen molar-refractivity contribution in [3.05, 3.63) is 29.6 Å². The second kappa shape index (κ2) is 4.97. The summed E-state index contributed by atoms with van der Waals surface area (Å²) in [7, 11) is 3.69. The average molecular weight is 294 g/mol. The summed E-state index contributed by atoms with van der Waals surface area (Å²) in [4.78, 5) is 8.30. The van der Waals surface area contributed by atoms with Gasteiger partial charge in [0.15, 0.2) is 5.82 Å². The van der Waals surface area contributed by atoms with Gasteiger partial charge in [-0.1, -0.05) is 16.7 Å². The lowest BCUT2D eigenvalue weighted by atomic mass is 10.6. The van der Waals surface area contributed by atoms with E-state index in [1.807, 2.05) is 20.3 Å². The zero-order valence-electron chi connectivity index (χ0n) is 10.9. The molecule has 3 rings (SSSR count). The first-order valence-electron chi connectivity index (χ1n) is 5.86. The van der Waals surface area contributed by atoms with Gasteiger partial charge >= 0.3 is 6.01 Å². The molecule has 0 aliphatic carbocycles. The van der Waals surface area contributed by atoms with Gasteiger partial charge in [0.2, 0.25) is 0 Å². The van der Waals surface area contributed by atoms with Crippen molar-refractivity contribution < 1.29 is 4.42 Å². The van der Waals surface area contributed by atoms with Gasteiger partial charge in [0.05, 0.1) is 12.7 Å². The molecule has 0 aromatic carbocycles. The highest BCUT2D eigenvalue weighted by atomic mass is 35.5. The van der Waals surface area contributed by atoms with Crippen molar-refractivity contribution in [1.82, 2.24) is 29.3 Å². The van der Waals surface area contributed by atoms with Crippen LogP contribution in [0.1, 0.15) is 5.82 Å². The lowest BCUT2D eigenvalue weighted by Gasteiger charge is -2.02. The number of imidazole rings is 2. The highest BCUT2D eigenvalue weighted by molar-refractivity contribution is 6.29. The number of anilines is 1. The summed E-state index contributed by atoms with van der Waals surface area (Å²) in [6, 6.07) is 0.308. The van der Waals surface area contributed by atoms with Crippen molar-refractivity contribution in [1.29, 1.82) is 0 Å². The molecular formula is C11H12ClN7O. The zero-order chi connectivity index (χ0) is 14.1. The van der Waals surface area contributed by atoms with Gasteiger partial charge < -0.3 is 18.9 Å². The molecule has 0 bridgehead atoms. The second-order valence-corrected chi connectivity index (χ2v) is 4.57. The monoisotopic (exact) mass is 293 g/mol. The molecule has 8 nitrogen and oxygen atoms in total. The Balaban J connectivity index is 1.72. The van der Waals surface area contributed by atoms with Crippen molar-refractivity contribution in [2.24, 2.45) is 14.1 Å². The molecule has 0 saturated carbocycles. The fourth-order valence-corrected chi connectivity index (χ4v) is 1.85. The van der Waals surface area contributed by atoms with E-state index in [-0.39, 0.29) is 0 Å². The summed E-state index contributed by atoms with van der Waals surface area (Å²) in [5.41, 5.74) is 0. The van der Waals surface area contributed by atoms with E-state index < -0.39 is 0 Å². The maximum Gasteiger partial charge on any atom is 0.316 e. The van der Waals surface area contributed by atoms with Crippen LogP contribution in [-0.4, -0.2) is 29.3 Å². The van der Waals surface area contributed by atoms with E-state index in [4.69, 9.17) is 16.0 Å². The Bertz CT molecular complexity index is 729. The molecule has 0 saturated heterocycles. The summed E-state index contributed by atoms with van der Waals surface area (Å²) >= 11 is 5.91. The van der Waals surface area contributed by atoms with Crippen LogP contribution in [0.5, 0.6) is 0 Å². The van der Waals surface area contributed by atoms with Gasteiger partial charge in [0.25, 0.3) is 5.89 Å². The maximum absolute atomic E-state index is 5.91. The van der Waals surface area contributed by atoms with Gasteiger partial charge in [-0.15, -0.1) is 5.10 Å². The molecule has 0 radical (unpaired) electrons. The fraction of sp³-hybridized carbons (Fsp3) is 0.273. The largest absolute Gasteiger partial charge is 0.400 e. The molecule has 9 heteroatoms. The van der Waals surface area contributed by atoms with Crippen molar-refractivity contribution in [3.8, 4) is 11.7 Å². The van der Waals surface area contributed by atoms with Crippen molar-refractivity contribution in [3.63, 3.8) is 0 Å². The minimum atomic E-state index is 0.308. The number of rotatable bonds is 4. The van der Waals surface area contributed by atoms with Crippen LogP contribution in [0.2, 0.25) is 5.15 Å². The van der Waals surface area contributed by atoms with Gasteiger partial charge in [0, 0.05) is 26.5 Å². The summed E-state index contributed by atoms with van der Waals surface area (Å²) in [6.45, 7) is 0.436. The SMILES string of the molecule is Cn1ccnc1-c1nnc(NCc2ncc(Cl)n2C)o1. The number of hydrogen-bond acceptors (Lipinski definition) is 6. The van der Waals surface area contributed by atoms with Crippen LogP contribution in [0.3, 0.4) is 0 Å². The van der Waals surface area contributed by atoms with E-state index in [0.29, 0.717) is 29.4 Å². The minimum Gasteiger partial charge on any atom is -0.400 e. The molecule has 0 fully saturated rings. The molecule has 3 aromatic heterocycles. The zero-order valence-corrected chi connectivity index (χ0v) is 11.7. The van der Waals surface area contributed by atoms with E-state index in [1.165, 1.54) is 0 Å². The topological polar surface area (TPSA) is 86.6 Å². The lowest BCUT2D eigenvalue weighted by Crippen LogP contribution is -2.06. The van der Waals surface area contributed by atoms with Crippen LogP contribution < -0.4 is 5.32 Å². The summed E-state index contributed by atoms with van der Waals surface area (Å²) < 4.78 is 9.06. The fourth-order valence-electron chi connectivity index (χ4n) is 1.70. The van der Waals surface area contributed by atoms with Crippen LogP contribution >= 0.6 is 11.6 Å². The quantitative estimate of drug-likeness (QED) is 0.784. The van der Waals surface area contributed by atoms with E-state index >= 15 is 0 Å². The van der Waals surface area contributed by atoms with Crippen molar-refractivity contribution >= 4 is 17.6 Å². The van der Waals surface area contributed by atoms with E-state index in [2.05, 4.69) is 25.5 Å². The Morgan fingerprint density at radius 3 is 2.80 bits per heavy atom. The van der Waals surface area contributed by atoms with Gasteiger partial charge in [-0.3, -0.25) is 0 Å². The van der Waals surface area contributed by atoms with Crippen LogP contribution in [-0.2, 0) is 20.6 Å². The number of hydrogen-bond donors (Lipinski definition) is 1. The van der Waals surface area contributed by atoms with Crippen LogP contribution in [0, 0.1) is 0 Å². The molecule has 0 spiro atoms. The molecule has 0 unspecified atom stereocenters. The summed E-state index contributed by atoms with van der Waals surface area (Å²) in [6.07, 6.45) is 5.07. The molecule has 1 N–H and O–H groups in total. The number of halogens is 1. The predicted octanol–water partition coefficient (Wildman–Crippen LogP) is 1.47. The third-order valence-corrected chi connectivity index (χ3v) is 3.21. The Morgan fingerprint density at radius 1 is 1.30 bits per heavy atom. The Morgan fingerprint density at radius 2 is 2.15 bits per heavy atom. The second-order valence-electron chi connectivity index (χ2n) is 4.18. The molecular weight excluding hydrogens is 282 g/mol. The van der Waals surface area contributed by atoms with Crippen molar-refractivity contribution in [2.45, 2.75) is 6.54 Å². The third kappa shape index (κ3) is 2.25. The number of nitrogens with zero attached hydrogens (tertiary/aromatic N) is 6. The van der Waals surface area contributed by atoms with Crippen LogP contribution in [0.15, 0.2) is 23.0 Å².